The first-order chi connectivity index (χ1) is 6.16. The SMILES string of the molecule is C=C/C=N\c1c(C(N)=O)cnn1C. The lowest BCUT2D eigenvalue weighted by atomic mass is 10.3. The number of hydrogen-bond acceptors (Lipinski definition) is 3. The summed E-state index contributed by atoms with van der Waals surface area (Å²) in [4.78, 5) is 14.8. The van der Waals surface area contributed by atoms with Crippen molar-refractivity contribution in [2.24, 2.45) is 17.8 Å². The zero-order valence-corrected chi connectivity index (χ0v) is 7.27. The lowest BCUT2D eigenvalue weighted by Crippen LogP contribution is -2.10. The minimum atomic E-state index is -0.538. The second kappa shape index (κ2) is 3.66. The predicted octanol–water partition coefficient (Wildman–Crippen LogP) is 0.407. The van der Waals surface area contributed by atoms with Gasteiger partial charge in [-0.15, -0.1) is 0 Å². The Labute approximate surface area is 75.6 Å². The van der Waals surface area contributed by atoms with Crippen molar-refractivity contribution in [3.8, 4) is 0 Å². The van der Waals surface area contributed by atoms with Gasteiger partial charge in [0.2, 0.25) is 0 Å². The molecule has 0 aromatic carbocycles. The van der Waals surface area contributed by atoms with Crippen LogP contribution in [0.4, 0.5) is 5.82 Å². The molecule has 0 radical (unpaired) electrons. The van der Waals surface area contributed by atoms with Gasteiger partial charge in [0.1, 0.15) is 5.56 Å². The van der Waals surface area contributed by atoms with Gasteiger partial charge in [-0.2, -0.15) is 5.10 Å². The lowest BCUT2D eigenvalue weighted by Gasteiger charge is -1.95. The number of allylic oxidation sites excluding steroid dienone is 1. The topological polar surface area (TPSA) is 73.3 Å². The van der Waals surface area contributed by atoms with Gasteiger partial charge >= 0.3 is 0 Å². The van der Waals surface area contributed by atoms with Crippen LogP contribution in [0.25, 0.3) is 0 Å². The van der Waals surface area contributed by atoms with Gasteiger partial charge in [-0.05, 0) is 0 Å². The van der Waals surface area contributed by atoms with E-state index in [-0.39, 0.29) is 0 Å². The fourth-order valence-electron chi connectivity index (χ4n) is 0.881. The third-order valence-electron chi connectivity index (χ3n) is 1.48. The van der Waals surface area contributed by atoms with E-state index in [1.807, 2.05) is 0 Å². The molecular weight excluding hydrogens is 168 g/mol. The molecule has 0 aliphatic heterocycles. The Bertz CT molecular complexity index is 364. The average Bonchev–Trinajstić information content (AvgIpc) is 2.43. The molecule has 1 heterocycles. The number of rotatable bonds is 3. The highest BCUT2D eigenvalue weighted by Crippen LogP contribution is 2.15. The summed E-state index contributed by atoms with van der Waals surface area (Å²) in [6.45, 7) is 3.47. The van der Waals surface area contributed by atoms with Crippen molar-refractivity contribution in [2.75, 3.05) is 0 Å². The maximum absolute atomic E-state index is 10.9. The van der Waals surface area contributed by atoms with Crippen molar-refractivity contribution < 1.29 is 4.79 Å². The highest BCUT2D eigenvalue weighted by Gasteiger charge is 2.11. The van der Waals surface area contributed by atoms with Crippen LogP contribution >= 0.6 is 0 Å². The van der Waals surface area contributed by atoms with Crippen LogP contribution in [0, 0.1) is 0 Å². The zero-order valence-electron chi connectivity index (χ0n) is 7.27. The fourth-order valence-corrected chi connectivity index (χ4v) is 0.881. The number of primary amides is 1. The summed E-state index contributed by atoms with van der Waals surface area (Å²) in [5.41, 5.74) is 5.41. The van der Waals surface area contributed by atoms with Gasteiger partial charge in [0.05, 0.1) is 6.20 Å². The van der Waals surface area contributed by atoms with Crippen LogP contribution in [0.3, 0.4) is 0 Å². The number of amides is 1. The molecule has 1 rings (SSSR count). The minimum absolute atomic E-state index is 0.306. The van der Waals surface area contributed by atoms with E-state index in [0.29, 0.717) is 11.4 Å². The van der Waals surface area contributed by atoms with Gasteiger partial charge in [0.15, 0.2) is 5.82 Å². The summed E-state index contributed by atoms with van der Waals surface area (Å²) < 4.78 is 1.47. The molecule has 0 bridgehead atoms. The van der Waals surface area contributed by atoms with Gasteiger partial charge in [-0.3, -0.25) is 9.48 Å². The predicted molar refractivity (Wildman–Crippen MR) is 50.1 cm³/mol. The molecule has 5 heteroatoms. The summed E-state index contributed by atoms with van der Waals surface area (Å²) in [5, 5.41) is 3.86. The average molecular weight is 178 g/mol. The Morgan fingerprint density at radius 3 is 3.08 bits per heavy atom. The van der Waals surface area contributed by atoms with Crippen molar-refractivity contribution in [1.82, 2.24) is 9.78 Å². The number of aryl methyl sites for hydroxylation is 1. The quantitative estimate of drug-likeness (QED) is 0.680. The molecule has 0 fully saturated rings. The van der Waals surface area contributed by atoms with Gasteiger partial charge < -0.3 is 5.73 Å². The van der Waals surface area contributed by atoms with E-state index in [2.05, 4.69) is 16.7 Å². The first-order valence-electron chi connectivity index (χ1n) is 3.63. The molecule has 1 aromatic heterocycles. The van der Waals surface area contributed by atoms with E-state index in [4.69, 9.17) is 5.73 Å². The Balaban J connectivity index is 3.15. The Hall–Kier alpha value is -1.91. The molecule has 0 saturated carbocycles. The molecule has 1 amide bonds. The fraction of sp³-hybridized carbons (Fsp3) is 0.125. The van der Waals surface area contributed by atoms with Crippen molar-refractivity contribution in [1.29, 1.82) is 0 Å². The molecule has 0 spiro atoms. The summed E-state index contributed by atoms with van der Waals surface area (Å²) in [5.74, 6) is -0.100. The largest absolute Gasteiger partial charge is 0.365 e. The molecule has 68 valence electrons. The molecule has 0 saturated heterocycles. The molecule has 2 N–H and O–H groups in total. The maximum Gasteiger partial charge on any atom is 0.254 e. The number of nitrogens with zero attached hydrogens (tertiary/aromatic N) is 3. The zero-order chi connectivity index (χ0) is 9.84. The van der Waals surface area contributed by atoms with Crippen LogP contribution in [-0.4, -0.2) is 21.9 Å². The standard InChI is InChI=1S/C8H10N4O/c1-3-4-10-8-6(7(9)13)5-11-12(8)2/h3-5H,1H2,2H3,(H2,9,13)/b10-4-. The van der Waals surface area contributed by atoms with Crippen molar-refractivity contribution in [3.63, 3.8) is 0 Å². The van der Waals surface area contributed by atoms with Crippen LogP contribution in [0.2, 0.25) is 0 Å². The third kappa shape index (κ3) is 1.81. The molecule has 0 unspecified atom stereocenters. The third-order valence-corrected chi connectivity index (χ3v) is 1.48. The van der Waals surface area contributed by atoms with Gasteiger partial charge in [-0.25, -0.2) is 4.99 Å². The number of aromatic nitrogens is 2. The number of hydrogen-bond donors (Lipinski definition) is 1. The van der Waals surface area contributed by atoms with E-state index in [0.717, 1.165) is 0 Å². The highest BCUT2D eigenvalue weighted by atomic mass is 16.1. The minimum Gasteiger partial charge on any atom is -0.365 e. The van der Waals surface area contributed by atoms with Gasteiger partial charge in [0, 0.05) is 13.3 Å². The summed E-state index contributed by atoms with van der Waals surface area (Å²) >= 11 is 0. The molecule has 0 aliphatic rings. The number of carbonyl (C=O) groups excluding carboxylic acids is 1. The van der Waals surface area contributed by atoms with Crippen molar-refractivity contribution >= 4 is 17.9 Å². The van der Waals surface area contributed by atoms with Crippen LogP contribution in [0.15, 0.2) is 23.8 Å². The molecule has 13 heavy (non-hydrogen) atoms. The smallest absolute Gasteiger partial charge is 0.254 e. The number of carbonyl (C=O) groups is 1. The van der Waals surface area contributed by atoms with Gasteiger partial charge in [-0.1, -0.05) is 12.7 Å². The summed E-state index contributed by atoms with van der Waals surface area (Å²) in [6.07, 6.45) is 4.37. The lowest BCUT2D eigenvalue weighted by molar-refractivity contribution is 0.100. The van der Waals surface area contributed by atoms with Crippen LogP contribution in [0.1, 0.15) is 10.4 Å². The van der Waals surface area contributed by atoms with Crippen molar-refractivity contribution in [2.45, 2.75) is 0 Å². The van der Waals surface area contributed by atoms with E-state index in [1.165, 1.54) is 23.2 Å². The second-order valence-electron chi connectivity index (χ2n) is 2.38. The monoisotopic (exact) mass is 178 g/mol. The molecule has 0 atom stereocenters. The van der Waals surface area contributed by atoms with E-state index in [9.17, 15) is 4.79 Å². The Morgan fingerprint density at radius 2 is 2.54 bits per heavy atom. The first-order valence-corrected chi connectivity index (χ1v) is 3.63. The normalized spacial score (nSPS) is 10.5. The first kappa shape index (κ1) is 9.18. The molecule has 1 aromatic rings. The highest BCUT2D eigenvalue weighted by molar-refractivity contribution is 5.97. The molecule has 0 aliphatic carbocycles. The van der Waals surface area contributed by atoms with Crippen LogP contribution < -0.4 is 5.73 Å². The maximum atomic E-state index is 10.9. The summed E-state index contributed by atoms with van der Waals surface area (Å²) in [7, 11) is 1.68. The number of aliphatic imine (C=N–C) groups is 1. The van der Waals surface area contributed by atoms with Crippen LogP contribution in [-0.2, 0) is 7.05 Å². The Morgan fingerprint density at radius 1 is 1.85 bits per heavy atom. The second-order valence-corrected chi connectivity index (χ2v) is 2.38. The van der Waals surface area contributed by atoms with E-state index < -0.39 is 5.91 Å². The van der Waals surface area contributed by atoms with Gasteiger partial charge in [0.25, 0.3) is 5.91 Å². The van der Waals surface area contributed by atoms with Crippen molar-refractivity contribution in [3.05, 3.63) is 24.4 Å². The molecular formula is C8H10N4O. The van der Waals surface area contributed by atoms with E-state index in [1.54, 1.807) is 7.05 Å². The van der Waals surface area contributed by atoms with E-state index >= 15 is 0 Å². The molecule has 5 nitrogen and oxygen atoms in total. The number of nitrogens with two attached hydrogens (primary N) is 1. The summed E-state index contributed by atoms with van der Waals surface area (Å²) in [6, 6.07) is 0. The Kier molecular flexibility index (Phi) is 2.59. The van der Waals surface area contributed by atoms with Crippen LogP contribution in [0.5, 0.6) is 0 Å².